The summed E-state index contributed by atoms with van der Waals surface area (Å²) in [5.41, 5.74) is -0.256. The van der Waals surface area contributed by atoms with Gasteiger partial charge in [-0.1, -0.05) is 40.9 Å². The number of esters is 1. The molecule has 0 aromatic carbocycles. The van der Waals surface area contributed by atoms with Gasteiger partial charge >= 0.3 is 18.2 Å². The van der Waals surface area contributed by atoms with Gasteiger partial charge in [0, 0.05) is 25.9 Å². The summed E-state index contributed by atoms with van der Waals surface area (Å²) in [5, 5.41) is 0. The van der Waals surface area contributed by atoms with Gasteiger partial charge in [-0.15, -0.1) is 0 Å². The summed E-state index contributed by atoms with van der Waals surface area (Å²) in [6, 6.07) is 3.23. The minimum Gasteiger partial charge on any atom is -0.459 e. The van der Waals surface area contributed by atoms with Crippen LogP contribution < -0.4 is 4.90 Å². The molecule has 0 saturated heterocycles. The number of halogens is 3. The summed E-state index contributed by atoms with van der Waals surface area (Å²) in [6.45, 7) is 4.20. The van der Waals surface area contributed by atoms with Gasteiger partial charge in [-0.2, -0.15) is 0 Å². The molecule has 2 amide bonds. The second-order valence-corrected chi connectivity index (χ2v) is 9.73. The number of amides is 2. The largest absolute Gasteiger partial charge is 0.459 e. The van der Waals surface area contributed by atoms with E-state index in [1.54, 1.807) is 32.9 Å². The van der Waals surface area contributed by atoms with Gasteiger partial charge in [-0.3, -0.25) is 9.69 Å². The predicted molar refractivity (Wildman–Crippen MR) is 113 cm³/mol. The summed E-state index contributed by atoms with van der Waals surface area (Å²) in [4.78, 5) is 42.4. The van der Waals surface area contributed by atoms with Crippen LogP contribution in [0.4, 0.5) is 15.4 Å². The van der Waals surface area contributed by atoms with Crippen LogP contribution >= 0.6 is 34.8 Å². The Kier molecular flexibility index (Phi) is 9.45. The molecule has 1 aromatic heterocycles. The Labute approximate surface area is 190 Å². The number of nitrogens with zero attached hydrogens (tertiary/aromatic N) is 3. The molecule has 1 heterocycles. The van der Waals surface area contributed by atoms with Crippen LogP contribution in [0.25, 0.3) is 0 Å². The number of likely N-dealkylation sites (N-methyl/N-ethyl adjacent to an activating group) is 1. The Morgan fingerprint density at radius 3 is 2.27 bits per heavy atom. The maximum absolute atomic E-state index is 12.1. The van der Waals surface area contributed by atoms with Gasteiger partial charge in [0.1, 0.15) is 31.2 Å². The molecule has 0 unspecified atom stereocenters. The molecule has 12 heteroatoms. The van der Waals surface area contributed by atoms with Gasteiger partial charge in [0.2, 0.25) is 3.79 Å². The number of hydrogen-bond donors (Lipinski definition) is 0. The normalized spacial score (nSPS) is 11.5. The van der Waals surface area contributed by atoms with E-state index in [0.29, 0.717) is 5.56 Å². The van der Waals surface area contributed by atoms with Crippen molar-refractivity contribution in [3.05, 3.63) is 23.9 Å². The number of carbonyl (C=O) groups excluding carboxylic acids is 3. The zero-order chi connectivity index (χ0) is 23.1. The van der Waals surface area contributed by atoms with Crippen molar-refractivity contribution in [1.82, 2.24) is 9.88 Å². The van der Waals surface area contributed by atoms with Crippen LogP contribution in [0.5, 0.6) is 0 Å². The monoisotopic (exact) mass is 483 g/mol. The first-order valence-electron chi connectivity index (χ1n) is 8.70. The van der Waals surface area contributed by atoms with E-state index in [4.69, 9.17) is 49.0 Å². The molecule has 0 aliphatic rings. The van der Waals surface area contributed by atoms with Crippen LogP contribution in [0.3, 0.4) is 0 Å². The van der Waals surface area contributed by atoms with Gasteiger partial charge in [-0.05, 0) is 26.8 Å². The molecule has 9 nitrogen and oxygen atoms in total. The minimum absolute atomic E-state index is 0.188. The molecular formula is C18H24Cl3N3O6. The van der Waals surface area contributed by atoms with E-state index in [2.05, 4.69) is 4.98 Å². The highest BCUT2D eigenvalue weighted by Gasteiger charge is 2.25. The van der Waals surface area contributed by atoms with Gasteiger partial charge < -0.3 is 19.1 Å². The van der Waals surface area contributed by atoms with Crippen molar-refractivity contribution >= 4 is 58.8 Å². The quantitative estimate of drug-likeness (QED) is 0.343. The summed E-state index contributed by atoms with van der Waals surface area (Å²) >= 11 is 16.7. The number of aromatic nitrogens is 1. The van der Waals surface area contributed by atoms with E-state index < -0.39 is 34.2 Å². The summed E-state index contributed by atoms with van der Waals surface area (Å²) in [7, 11) is 2.82. The number of ether oxygens (including phenoxy) is 3. The fourth-order valence-corrected chi connectivity index (χ4v) is 2.14. The van der Waals surface area contributed by atoms with E-state index in [9.17, 15) is 14.4 Å². The Bertz CT molecular complexity index is 764. The van der Waals surface area contributed by atoms with Crippen molar-refractivity contribution in [1.29, 1.82) is 0 Å². The molecule has 0 saturated carbocycles. The number of carbonyl (C=O) groups is 3. The van der Waals surface area contributed by atoms with Gasteiger partial charge in [0.25, 0.3) is 0 Å². The highest BCUT2D eigenvalue weighted by atomic mass is 35.6. The number of rotatable bonds is 6. The lowest BCUT2D eigenvalue weighted by Crippen LogP contribution is -2.37. The minimum atomic E-state index is -1.75. The van der Waals surface area contributed by atoms with Crippen molar-refractivity contribution in [2.45, 2.75) is 36.8 Å². The topological polar surface area (TPSA) is 98.3 Å². The number of anilines is 1. The first kappa shape index (κ1) is 26.1. The van der Waals surface area contributed by atoms with Gasteiger partial charge in [0.05, 0.1) is 0 Å². The smallest absolute Gasteiger partial charge is 0.415 e. The number of pyridine rings is 1. The average molecular weight is 485 g/mol. The molecule has 0 N–H and O–H groups in total. The molecule has 30 heavy (non-hydrogen) atoms. The Hall–Kier alpha value is -1.97. The third kappa shape index (κ3) is 9.69. The molecule has 0 atom stereocenters. The summed E-state index contributed by atoms with van der Waals surface area (Å²) in [5.74, 6) is -0.472. The zero-order valence-corrected chi connectivity index (χ0v) is 19.5. The third-order valence-corrected chi connectivity index (χ3v) is 3.61. The summed E-state index contributed by atoms with van der Waals surface area (Å²) < 4.78 is 13.5. The molecule has 0 aliphatic heterocycles. The Morgan fingerprint density at radius 1 is 1.07 bits per heavy atom. The van der Waals surface area contributed by atoms with Crippen molar-refractivity contribution < 1.29 is 28.6 Å². The number of alkyl halides is 3. The fraction of sp³-hybridized carbons (Fsp3) is 0.556. The second-order valence-electron chi connectivity index (χ2n) is 7.21. The van der Waals surface area contributed by atoms with Crippen molar-refractivity contribution in [3.63, 3.8) is 0 Å². The maximum Gasteiger partial charge on any atom is 0.415 e. The van der Waals surface area contributed by atoms with Crippen LogP contribution in [0.1, 0.15) is 26.3 Å². The highest BCUT2D eigenvalue weighted by molar-refractivity contribution is 6.67. The van der Waals surface area contributed by atoms with Crippen molar-refractivity contribution in [2.75, 3.05) is 32.1 Å². The highest BCUT2D eigenvalue weighted by Crippen LogP contribution is 2.26. The molecule has 0 aliphatic carbocycles. The van der Waals surface area contributed by atoms with E-state index in [1.807, 2.05) is 0 Å². The van der Waals surface area contributed by atoms with Gasteiger partial charge in [0.15, 0.2) is 0 Å². The van der Waals surface area contributed by atoms with Crippen LogP contribution in [0.15, 0.2) is 18.3 Å². The average Bonchev–Trinajstić information content (AvgIpc) is 2.62. The van der Waals surface area contributed by atoms with E-state index in [1.165, 1.54) is 20.3 Å². The van der Waals surface area contributed by atoms with E-state index in [0.717, 1.165) is 9.80 Å². The van der Waals surface area contributed by atoms with Crippen molar-refractivity contribution in [2.24, 2.45) is 0 Å². The van der Waals surface area contributed by atoms with Crippen LogP contribution in [-0.2, 0) is 25.6 Å². The predicted octanol–water partition coefficient (Wildman–Crippen LogP) is 3.93. The molecular weight excluding hydrogens is 461 g/mol. The molecule has 1 aromatic rings. The number of hydrogen-bond acceptors (Lipinski definition) is 7. The fourth-order valence-electron chi connectivity index (χ4n) is 1.97. The lowest BCUT2D eigenvalue weighted by molar-refractivity contribution is -0.145. The van der Waals surface area contributed by atoms with Crippen LogP contribution in [-0.4, -0.2) is 64.7 Å². The van der Waals surface area contributed by atoms with E-state index >= 15 is 0 Å². The molecule has 168 valence electrons. The second kappa shape index (κ2) is 10.9. The molecule has 0 bridgehead atoms. The van der Waals surface area contributed by atoms with Crippen molar-refractivity contribution in [3.8, 4) is 0 Å². The van der Waals surface area contributed by atoms with Gasteiger partial charge in [-0.25, -0.2) is 14.6 Å². The summed E-state index contributed by atoms with van der Waals surface area (Å²) in [6.07, 6.45) is -0.00874. The lowest BCUT2D eigenvalue weighted by Gasteiger charge is -2.24. The SMILES string of the molecule is CN(CC(=O)OCc1cccnc1N(C)C(=O)OCC(Cl)(Cl)Cl)C(=O)OC(C)(C)C. The Balaban J connectivity index is 2.69. The Morgan fingerprint density at radius 2 is 1.70 bits per heavy atom. The van der Waals surface area contributed by atoms with E-state index in [-0.39, 0.29) is 19.0 Å². The molecule has 0 radical (unpaired) electrons. The first-order chi connectivity index (χ1) is 13.7. The zero-order valence-electron chi connectivity index (χ0n) is 17.3. The first-order valence-corrected chi connectivity index (χ1v) is 9.84. The van der Waals surface area contributed by atoms with Crippen LogP contribution in [0.2, 0.25) is 0 Å². The molecule has 0 spiro atoms. The third-order valence-electron chi connectivity index (χ3n) is 3.28. The lowest BCUT2D eigenvalue weighted by atomic mass is 10.2. The molecule has 0 fully saturated rings. The standard InChI is InChI=1S/C18H24Cl3N3O6/c1-17(2,3)30-15(26)23(4)9-13(25)28-10-12-7-6-8-22-14(12)24(5)16(27)29-11-18(19,20)21/h6-8H,9-11H2,1-5H3. The van der Waals surface area contributed by atoms with Crippen LogP contribution in [0, 0.1) is 0 Å². The molecule has 1 rings (SSSR count). The maximum atomic E-state index is 12.1.